The van der Waals surface area contributed by atoms with E-state index in [0.29, 0.717) is 0 Å². The number of halogens is 3. The lowest BCUT2D eigenvalue weighted by molar-refractivity contribution is -0.274. The van der Waals surface area contributed by atoms with Crippen LogP contribution in [0.25, 0.3) is 0 Å². The van der Waals surface area contributed by atoms with Crippen LogP contribution in [0.1, 0.15) is 16.1 Å². The van der Waals surface area contributed by atoms with Crippen LogP contribution in [0.15, 0.2) is 41.4 Å². The number of nitrogens with two attached hydrogens (primary N) is 1. The van der Waals surface area contributed by atoms with Crippen molar-refractivity contribution in [2.24, 2.45) is 12.8 Å². The maximum Gasteiger partial charge on any atom is 0.573 e. The summed E-state index contributed by atoms with van der Waals surface area (Å²) in [5, 5.41) is 0. The molecular weight excluding hydrogens is 375 g/mol. The molecule has 2 N–H and O–H groups in total. The average Bonchev–Trinajstić information content (AvgIpc) is 2.90. The molecule has 11 heteroatoms. The van der Waals surface area contributed by atoms with Gasteiger partial charge in [-0.25, -0.2) is 8.42 Å². The van der Waals surface area contributed by atoms with Gasteiger partial charge >= 0.3 is 6.36 Å². The first kappa shape index (κ1) is 19.8. The van der Waals surface area contributed by atoms with Crippen LogP contribution in [0.5, 0.6) is 5.75 Å². The number of carbonyl (C=O) groups excluding carboxylic acids is 1. The number of sulfonamides is 1. The van der Waals surface area contributed by atoms with Crippen LogP contribution in [0.3, 0.4) is 0 Å². The van der Waals surface area contributed by atoms with Gasteiger partial charge in [-0.2, -0.15) is 4.31 Å². The molecule has 0 spiro atoms. The molecule has 1 heterocycles. The second kappa shape index (κ2) is 7.00. The Morgan fingerprint density at radius 2 is 1.92 bits per heavy atom. The molecule has 0 aliphatic carbocycles. The molecule has 0 bridgehead atoms. The number of aromatic nitrogens is 1. The van der Waals surface area contributed by atoms with Gasteiger partial charge in [-0.1, -0.05) is 18.2 Å². The van der Waals surface area contributed by atoms with Crippen molar-refractivity contribution in [3.05, 3.63) is 47.8 Å². The molecule has 2 aromatic rings. The predicted octanol–water partition coefficient (Wildman–Crippen LogP) is 1.84. The number of amides is 1. The molecule has 0 unspecified atom stereocenters. The molecule has 0 aliphatic heterocycles. The third-order valence-corrected chi connectivity index (χ3v) is 5.30. The molecule has 0 aliphatic rings. The van der Waals surface area contributed by atoms with Gasteiger partial charge in [0.15, 0.2) is 0 Å². The highest BCUT2D eigenvalue weighted by Gasteiger charge is 2.32. The number of alkyl halides is 3. The van der Waals surface area contributed by atoms with Crippen LogP contribution in [0.2, 0.25) is 0 Å². The van der Waals surface area contributed by atoms with Crippen molar-refractivity contribution >= 4 is 15.9 Å². The van der Waals surface area contributed by atoms with E-state index < -0.39 is 28.0 Å². The fraction of sp³-hybridized carbons (Fsp3) is 0.267. The van der Waals surface area contributed by atoms with Crippen molar-refractivity contribution in [3.63, 3.8) is 0 Å². The number of primary amides is 1. The second-order valence-electron chi connectivity index (χ2n) is 5.45. The van der Waals surface area contributed by atoms with Crippen LogP contribution < -0.4 is 10.5 Å². The summed E-state index contributed by atoms with van der Waals surface area (Å²) >= 11 is 0. The van der Waals surface area contributed by atoms with E-state index in [-0.39, 0.29) is 22.7 Å². The molecule has 0 saturated heterocycles. The van der Waals surface area contributed by atoms with Crippen molar-refractivity contribution in [1.82, 2.24) is 8.87 Å². The molecule has 0 atom stereocenters. The quantitative estimate of drug-likeness (QED) is 0.813. The third kappa shape index (κ3) is 4.35. The topological polar surface area (TPSA) is 94.6 Å². The lowest BCUT2D eigenvalue weighted by atomic mass is 10.2. The van der Waals surface area contributed by atoms with Gasteiger partial charge < -0.3 is 15.0 Å². The number of rotatable bonds is 6. The van der Waals surface area contributed by atoms with Crippen LogP contribution in [0.4, 0.5) is 13.2 Å². The fourth-order valence-electron chi connectivity index (χ4n) is 2.28. The second-order valence-corrected chi connectivity index (χ2v) is 7.50. The largest absolute Gasteiger partial charge is 0.573 e. The maximum absolute atomic E-state index is 12.6. The summed E-state index contributed by atoms with van der Waals surface area (Å²) in [5.74, 6) is -1.30. The predicted molar refractivity (Wildman–Crippen MR) is 85.7 cm³/mol. The molecule has 26 heavy (non-hydrogen) atoms. The van der Waals surface area contributed by atoms with Crippen LogP contribution >= 0.6 is 0 Å². The maximum atomic E-state index is 12.6. The van der Waals surface area contributed by atoms with Gasteiger partial charge in [0.2, 0.25) is 10.0 Å². The minimum absolute atomic E-state index is 0.0159. The van der Waals surface area contributed by atoms with Crippen molar-refractivity contribution < 1.29 is 31.1 Å². The first-order valence-corrected chi connectivity index (χ1v) is 8.62. The molecular formula is C15H16F3N3O4S. The van der Waals surface area contributed by atoms with Crippen molar-refractivity contribution in [2.75, 3.05) is 7.05 Å². The van der Waals surface area contributed by atoms with Gasteiger partial charge in [-0.3, -0.25) is 4.79 Å². The smallest absolute Gasteiger partial charge is 0.405 e. The van der Waals surface area contributed by atoms with Gasteiger partial charge in [0.05, 0.1) is 0 Å². The van der Waals surface area contributed by atoms with Crippen molar-refractivity contribution in [2.45, 2.75) is 17.8 Å². The molecule has 0 saturated carbocycles. The average molecular weight is 391 g/mol. The van der Waals surface area contributed by atoms with Gasteiger partial charge in [-0.05, 0) is 12.1 Å². The molecule has 1 aromatic carbocycles. The lowest BCUT2D eigenvalue weighted by Crippen LogP contribution is -2.27. The highest BCUT2D eigenvalue weighted by Crippen LogP contribution is 2.28. The van der Waals surface area contributed by atoms with Crippen molar-refractivity contribution in [3.8, 4) is 5.75 Å². The molecule has 2 rings (SSSR count). The highest BCUT2D eigenvalue weighted by atomic mass is 32.2. The Morgan fingerprint density at radius 1 is 1.31 bits per heavy atom. The molecule has 1 amide bonds. The van der Waals surface area contributed by atoms with Crippen LogP contribution in [-0.2, 0) is 23.6 Å². The summed E-state index contributed by atoms with van der Waals surface area (Å²) in [7, 11) is -1.41. The standard InChI is InChI=1S/C15H16F3N3O4S/c1-20-9-11(7-12(20)14(19)22)26(23,24)21(2)8-10-5-3-4-6-13(10)25-15(16,17)18/h3-7,9H,8H2,1-2H3,(H2,19,22). The summed E-state index contributed by atoms with van der Waals surface area (Å²) in [6.45, 7) is -0.366. The van der Waals surface area contributed by atoms with E-state index in [1.165, 1.54) is 43.1 Å². The summed E-state index contributed by atoms with van der Waals surface area (Å²) in [4.78, 5) is 11.1. The number of carbonyl (C=O) groups is 1. The van der Waals surface area contributed by atoms with Gasteiger partial charge in [0.25, 0.3) is 5.91 Å². The van der Waals surface area contributed by atoms with Crippen LogP contribution in [0, 0.1) is 0 Å². The zero-order chi connectivity index (χ0) is 19.7. The van der Waals surface area contributed by atoms with Crippen LogP contribution in [-0.4, -0.2) is 36.6 Å². The van der Waals surface area contributed by atoms with E-state index in [2.05, 4.69) is 4.74 Å². The third-order valence-electron chi connectivity index (χ3n) is 3.53. The number of ether oxygens (including phenoxy) is 1. The minimum atomic E-state index is -4.90. The van der Waals surface area contributed by atoms with E-state index in [9.17, 15) is 26.4 Å². The fourth-order valence-corrected chi connectivity index (χ4v) is 3.50. The lowest BCUT2D eigenvalue weighted by Gasteiger charge is -2.19. The summed E-state index contributed by atoms with van der Waals surface area (Å²) in [5.41, 5.74) is 5.17. The van der Waals surface area contributed by atoms with Gasteiger partial charge in [-0.15, -0.1) is 13.2 Å². The van der Waals surface area contributed by atoms with E-state index in [1.807, 2.05) is 0 Å². The van der Waals surface area contributed by atoms with E-state index in [1.54, 1.807) is 0 Å². The van der Waals surface area contributed by atoms with E-state index >= 15 is 0 Å². The minimum Gasteiger partial charge on any atom is -0.405 e. The normalized spacial score (nSPS) is 12.4. The number of benzene rings is 1. The van der Waals surface area contributed by atoms with E-state index in [4.69, 9.17) is 5.73 Å². The summed E-state index contributed by atoms with van der Waals surface area (Å²) < 4.78 is 68.7. The first-order chi connectivity index (χ1) is 11.9. The number of hydrogen-bond donors (Lipinski definition) is 1. The number of hydrogen-bond acceptors (Lipinski definition) is 4. The monoisotopic (exact) mass is 391 g/mol. The SMILES string of the molecule is CN(Cc1ccccc1OC(F)(F)F)S(=O)(=O)c1cc(C(N)=O)n(C)c1. The Morgan fingerprint density at radius 3 is 2.46 bits per heavy atom. The van der Waals surface area contributed by atoms with Gasteiger partial charge in [0, 0.05) is 32.4 Å². The van der Waals surface area contributed by atoms with Gasteiger partial charge in [0.1, 0.15) is 16.3 Å². The molecule has 7 nitrogen and oxygen atoms in total. The Labute approximate surface area is 147 Å². The zero-order valence-corrected chi connectivity index (χ0v) is 14.6. The summed E-state index contributed by atoms with van der Waals surface area (Å²) in [6, 6.07) is 6.33. The Kier molecular flexibility index (Phi) is 5.33. The number of para-hydroxylation sites is 1. The molecule has 1 aromatic heterocycles. The Bertz CT molecular complexity index is 922. The highest BCUT2D eigenvalue weighted by molar-refractivity contribution is 7.89. The summed E-state index contributed by atoms with van der Waals surface area (Å²) in [6.07, 6.45) is -3.70. The van der Waals surface area contributed by atoms with E-state index in [0.717, 1.165) is 16.4 Å². The Balaban J connectivity index is 2.31. The molecule has 0 radical (unpaired) electrons. The number of aryl methyl sites for hydroxylation is 1. The van der Waals surface area contributed by atoms with Crippen molar-refractivity contribution in [1.29, 1.82) is 0 Å². The first-order valence-electron chi connectivity index (χ1n) is 7.18. The zero-order valence-electron chi connectivity index (χ0n) is 13.8. The number of nitrogens with zero attached hydrogens (tertiary/aromatic N) is 2. The Hall–Kier alpha value is -2.53. The molecule has 0 fully saturated rings. The molecule has 142 valence electrons.